The Morgan fingerprint density at radius 2 is 1.65 bits per heavy atom. The molecule has 0 atom stereocenters. The fraction of sp³-hybridized carbons (Fsp3) is 0.714. The van der Waals surface area contributed by atoms with Gasteiger partial charge in [-0.15, -0.1) is 11.3 Å². The summed E-state index contributed by atoms with van der Waals surface area (Å²) in [6, 6.07) is 1.56. The summed E-state index contributed by atoms with van der Waals surface area (Å²) in [5, 5.41) is 1.68. The van der Waals surface area contributed by atoms with E-state index in [9.17, 15) is 8.42 Å². The van der Waals surface area contributed by atoms with Crippen LogP contribution in [-0.4, -0.2) is 25.8 Å². The van der Waals surface area contributed by atoms with Crippen LogP contribution in [0.4, 0.5) is 5.69 Å². The first-order chi connectivity index (χ1) is 9.52. The summed E-state index contributed by atoms with van der Waals surface area (Å²) < 4.78 is 27.2. The van der Waals surface area contributed by atoms with Gasteiger partial charge in [-0.05, 0) is 18.9 Å². The van der Waals surface area contributed by atoms with Crippen LogP contribution in [0, 0.1) is 0 Å². The smallest absolute Gasteiger partial charge is 0.252 e. The SMILES string of the molecule is CCCCCN(CCCCC)S(=O)(=O)c1cc(N)cs1. The van der Waals surface area contributed by atoms with E-state index in [0.717, 1.165) is 38.5 Å². The Morgan fingerprint density at radius 3 is 2.05 bits per heavy atom. The predicted molar refractivity (Wildman–Crippen MR) is 86.5 cm³/mol. The zero-order chi connectivity index (χ0) is 15.0. The number of nitrogen functional groups attached to an aromatic ring is 1. The number of unbranched alkanes of at least 4 members (excludes halogenated alkanes) is 4. The average Bonchev–Trinajstić information content (AvgIpc) is 2.84. The highest BCUT2D eigenvalue weighted by Gasteiger charge is 2.25. The van der Waals surface area contributed by atoms with Crippen molar-refractivity contribution in [2.45, 2.75) is 56.6 Å². The summed E-state index contributed by atoms with van der Waals surface area (Å²) in [4.78, 5) is 0. The standard InChI is InChI=1S/C14H26N2O2S2/c1-3-5-7-9-16(10-8-6-4-2)20(17,18)14-11-13(15)12-19-14/h11-12H,3-10,15H2,1-2H3. The van der Waals surface area contributed by atoms with E-state index in [1.807, 2.05) is 0 Å². The number of hydrogen-bond acceptors (Lipinski definition) is 4. The first-order valence-electron chi connectivity index (χ1n) is 7.36. The summed E-state index contributed by atoms with van der Waals surface area (Å²) in [6.45, 7) is 5.46. The first-order valence-corrected chi connectivity index (χ1v) is 9.68. The molecule has 0 unspecified atom stereocenters. The van der Waals surface area contributed by atoms with Crippen molar-refractivity contribution in [1.29, 1.82) is 0 Å². The second-order valence-corrected chi connectivity index (χ2v) is 8.09. The van der Waals surface area contributed by atoms with Crippen LogP contribution in [0.5, 0.6) is 0 Å². The molecule has 0 radical (unpaired) electrons. The Bertz CT molecular complexity index is 473. The van der Waals surface area contributed by atoms with Gasteiger partial charge in [0.05, 0.1) is 0 Å². The van der Waals surface area contributed by atoms with E-state index in [1.54, 1.807) is 15.8 Å². The lowest BCUT2D eigenvalue weighted by atomic mass is 10.2. The molecule has 0 fully saturated rings. The third-order valence-corrected chi connectivity index (χ3v) is 6.54. The molecule has 2 N–H and O–H groups in total. The van der Waals surface area contributed by atoms with Crippen molar-refractivity contribution in [2.75, 3.05) is 18.8 Å². The van der Waals surface area contributed by atoms with Crippen molar-refractivity contribution in [3.8, 4) is 0 Å². The van der Waals surface area contributed by atoms with Crippen molar-refractivity contribution in [3.05, 3.63) is 11.4 Å². The lowest BCUT2D eigenvalue weighted by Gasteiger charge is -2.21. The predicted octanol–water partition coefficient (Wildman–Crippen LogP) is 3.70. The summed E-state index contributed by atoms with van der Waals surface area (Å²) >= 11 is 1.21. The molecule has 0 saturated carbocycles. The van der Waals surface area contributed by atoms with Crippen molar-refractivity contribution >= 4 is 27.0 Å². The maximum absolute atomic E-state index is 12.6. The number of sulfonamides is 1. The summed E-state index contributed by atoms with van der Waals surface area (Å²) in [5.41, 5.74) is 6.17. The van der Waals surface area contributed by atoms with E-state index in [-0.39, 0.29) is 0 Å². The maximum Gasteiger partial charge on any atom is 0.252 e. The molecule has 0 aliphatic rings. The van der Waals surface area contributed by atoms with Crippen LogP contribution in [0.1, 0.15) is 52.4 Å². The molecule has 0 aliphatic heterocycles. The minimum atomic E-state index is -3.37. The Hall–Kier alpha value is -0.590. The second kappa shape index (κ2) is 8.64. The number of anilines is 1. The Kier molecular flexibility index (Phi) is 7.55. The summed E-state index contributed by atoms with van der Waals surface area (Å²) in [7, 11) is -3.37. The van der Waals surface area contributed by atoms with Gasteiger partial charge in [0, 0.05) is 24.2 Å². The molecular weight excluding hydrogens is 292 g/mol. The summed E-state index contributed by atoms with van der Waals surface area (Å²) in [6.07, 6.45) is 6.15. The molecule has 116 valence electrons. The third kappa shape index (κ3) is 5.07. The Labute approximate surface area is 127 Å². The largest absolute Gasteiger partial charge is 0.398 e. The van der Waals surface area contributed by atoms with Gasteiger partial charge in [-0.3, -0.25) is 0 Å². The van der Waals surface area contributed by atoms with Crippen LogP contribution in [0.25, 0.3) is 0 Å². The number of thiophene rings is 1. The van der Waals surface area contributed by atoms with E-state index in [4.69, 9.17) is 5.73 Å². The lowest BCUT2D eigenvalue weighted by molar-refractivity contribution is 0.389. The number of hydrogen-bond donors (Lipinski definition) is 1. The highest BCUT2D eigenvalue weighted by Crippen LogP contribution is 2.25. The third-order valence-electron chi connectivity index (χ3n) is 3.21. The van der Waals surface area contributed by atoms with Crippen LogP contribution in [-0.2, 0) is 10.0 Å². The molecule has 0 bridgehead atoms. The number of rotatable bonds is 10. The first kappa shape index (κ1) is 17.5. The van der Waals surface area contributed by atoms with Crippen LogP contribution in [0.2, 0.25) is 0 Å². The number of nitrogens with two attached hydrogens (primary N) is 1. The minimum Gasteiger partial charge on any atom is -0.398 e. The van der Waals surface area contributed by atoms with Crippen molar-refractivity contribution in [1.82, 2.24) is 4.31 Å². The van der Waals surface area contributed by atoms with Gasteiger partial charge in [0.15, 0.2) is 0 Å². The van der Waals surface area contributed by atoms with Crippen molar-refractivity contribution < 1.29 is 8.42 Å². The normalized spacial score (nSPS) is 12.2. The topological polar surface area (TPSA) is 63.4 Å². The van der Waals surface area contributed by atoms with Crippen LogP contribution in [0.3, 0.4) is 0 Å². The number of nitrogens with zero attached hydrogens (tertiary/aromatic N) is 1. The maximum atomic E-state index is 12.6. The van der Waals surface area contributed by atoms with Gasteiger partial charge in [0.25, 0.3) is 10.0 Å². The van der Waals surface area contributed by atoms with Crippen LogP contribution < -0.4 is 5.73 Å². The zero-order valence-corrected chi connectivity index (χ0v) is 14.1. The van der Waals surface area contributed by atoms with Crippen LogP contribution >= 0.6 is 11.3 Å². The van der Waals surface area contributed by atoms with E-state index in [0.29, 0.717) is 23.0 Å². The molecule has 1 heterocycles. The monoisotopic (exact) mass is 318 g/mol. The lowest BCUT2D eigenvalue weighted by Crippen LogP contribution is -2.32. The highest BCUT2D eigenvalue weighted by molar-refractivity contribution is 7.91. The summed E-state index contributed by atoms with van der Waals surface area (Å²) in [5.74, 6) is 0. The van der Waals surface area contributed by atoms with Gasteiger partial charge in [-0.1, -0.05) is 39.5 Å². The van der Waals surface area contributed by atoms with E-state index in [2.05, 4.69) is 13.8 Å². The fourth-order valence-electron chi connectivity index (χ4n) is 2.02. The van der Waals surface area contributed by atoms with Crippen molar-refractivity contribution in [3.63, 3.8) is 0 Å². The van der Waals surface area contributed by atoms with Gasteiger partial charge in [0.1, 0.15) is 4.21 Å². The zero-order valence-electron chi connectivity index (χ0n) is 12.5. The van der Waals surface area contributed by atoms with E-state index >= 15 is 0 Å². The average molecular weight is 319 g/mol. The molecule has 1 aromatic heterocycles. The Balaban J connectivity index is 2.78. The highest BCUT2D eigenvalue weighted by atomic mass is 32.2. The molecule has 1 aromatic rings. The van der Waals surface area contributed by atoms with E-state index < -0.39 is 10.0 Å². The Morgan fingerprint density at radius 1 is 1.10 bits per heavy atom. The van der Waals surface area contributed by atoms with Gasteiger partial charge < -0.3 is 5.73 Å². The van der Waals surface area contributed by atoms with Crippen LogP contribution in [0.15, 0.2) is 15.7 Å². The molecule has 0 aliphatic carbocycles. The molecule has 6 heteroatoms. The quantitative estimate of drug-likeness (QED) is 0.669. The molecule has 0 saturated heterocycles. The molecular formula is C14H26N2O2S2. The van der Waals surface area contributed by atoms with Gasteiger partial charge >= 0.3 is 0 Å². The molecule has 0 aromatic carbocycles. The van der Waals surface area contributed by atoms with Gasteiger partial charge in [0.2, 0.25) is 0 Å². The molecule has 1 rings (SSSR count). The van der Waals surface area contributed by atoms with Gasteiger partial charge in [-0.2, -0.15) is 4.31 Å². The van der Waals surface area contributed by atoms with Crippen molar-refractivity contribution in [2.24, 2.45) is 0 Å². The van der Waals surface area contributed by atoms with E-state index in [1.165, 1.54) is 11.3 Å². The molecule has 0 amide bonds. The molecule has 4 nitrogen and oxygen atoms in total. The van der Waals surface area contributed by atoms with Gasteiger partial charge in [-0.25, -0.2) is 8.42 Å². The minimum absolute atomic E-state index is 0.364. The molecule has 20 heavy (non-hydrogen) atoms. The molecule has 0 spiro atoms. The fourth-order valence-corrected chi connectivity index (χ4v) is 4.77. The second-order valence-electron chi connectivity index (χ2n) is 5.02.